The Labute approximate surface area is 229 Å². The molecule has 1 unspecified atom stereocenters. The fraction of sp³-hybridized carbons (Fsp3) is 0.222. The minimum Gasteiger partial charge on any atom is -0.497 e. The molecule has 0 aliphatic heterocycles. The van der Waals surface area contributed by atoms with Gasteiger partial charge in [0.25, 0.3) is 11.6 Å². The molecule has 1 atom stereocenters. The number of ether oxygens (including phenoxy) is 1. The van der Waals surface area contributed by atoms with Crippen LogP contribution in [-0.2, 0) is 5.75 Å². The highest BCUT2D eigenvalue weighted by molar-refractivity contribution is 7.98. The minimum absolute atomic E-state index is 0.112. The highest BCUT2D eigenvalue weighted by Crippen LogP contribution is 2.31. The molecule has 0 fully saturated rings. The molecule has 11 heteroatoms. The Morgan fingerprint density at radius 2 is 1.89 bits per heavy atom. The molecule has 1 heterocycles. The van der Waals surface area contributed by atoms with Crippen molar-refractivity contribution in [3.8, 4) is 11.4 Å². The molecule has 1 N–H and O–H groups in total. The normalized spacial score (nSPS) is 11.7. The number of rotatable bonds is 9. The van der Waals surface area contributed by atoms with Crippen molar-refractivity contribution >= 4 is 35.0 Å². The molecule has 0 aliphatic rings. The second-order valence-electron chi connectivity index (χ2n) is 8.70. The van der Waals surface area contributed by atoms with Crippen LogP contribution in [0.1, 0.15) is 45.8 Å². The zero-order valence-electron chi connectivity index (χ0n) is 21.3. The van der Waals surface area contributed by atoms with Gasteiger partial charge in [-0.2, -0.15) is 0 Å². The number of carbonyl (C=O) groups is 1. The summed E-state index contributed by atoms with van der Waals surface area (Å²) in [5.74, 6) is 1.42. The van der Waals surface area contributed by atoms with Crippen molar-refractivity contribution in [2.75, 3.05) is 7.11 Å². The third-order valence-electron chi connectivity index (χ3n) is 5.98. The summed E-state index contributed by atoms with van der Waals surface area (Å²) in [4.78, 5) is 23.9. The van der Waals surface area contributed by atoms with Gasteiger partial charge in [-0.1, -0.05) is 47.6 Å². The summed E-state index contributed by atoms with van der Waals surface area (Å²) < 4.78 is 7.21. The quantitative estimate of drug-likeness (QED) is 0.149. The number of nitro benzene ring substituents is 1. The highest BCUT2D eigenvalue weighted by atomic mass is 35.5. The fourth-order valence-electron chi connectivity index (χ4n) is 3.91. The first-order chi connectivity index (χ1) is 18.2. The SMILES string of the molecule is COc1cccc(CSc2nnc(C(C)NC(=O)c3ccc(C)c([N+](=O)[O-])c3)n2-c2cc(Cl)ccc2C)c1. The van der Waals surface area contributed by atoms with E-state index in [1.165, 1.54) is 17.8 Å². The molecule has 1 aromatic heterocycles. The Hall–Kier alpha value is -3.89. The molecule has 196 valence electrons. The summed E-state index contributed by atoms with van der Waals surface area (Å²) in [5, 5.41) is 24.3. The van der Waals surface area contributed by atoms with Gasteiger partial charge in [0.1, 0.15) is 5.75 Å². The third-order valence-corrected chi connectivity index (χ3v) is 7.21. The van der Waals surface area contributed by atoms with Crippen LogP contribution in [0.25, 0.3) is 5.69 Å². The van der Waals surface area contributed by atoms with E-state index in [1.807, 2.05) is 54.0 Å². The standard InChI is InChI=1S/C27H26ClN5O4S/c1-16-9-11-21(28)14-23(16)32-25(30-31-27(32)38-15-19-6-5-7-22(12-19)37-4)18(3)29-26(34)20-10-8-17(2)24(13-20)33(35)36/h5-14,18H,15H2,1-4H3,(H,29,34). The average molecular weight is 552 g/mol. The van der Waals surface area contributed by atoms with Crippen LogP contribution in [0.15, 0.2) is 65.8 Å². The maximum atomic E-state index is 13.0. The summed E-state index contributed by atoms with van der Waals surface area (Å²) >= 11 is 7.83. The van der Waals surface area contributed by atoms with Gasteiger partial charge in [0.15, 0.2) is 11.0 Å². The lowest BCUT2D eigenvalue weighted by Crippen LogP contribution is -2.28. The van der Waals surface area contributed by atoms with Gasteiger partial charge in [0, 0.05) is 28.0 Å². The predicted molar refractivity (Wildman–Crippen MR) is 147 cm³/mol. The first kappa shape index (κ1) is 27.2. The Morgan fingerprint density at radius 1 is 1.13 bits per heavy atom. The van der Waals surface area contributed by atoms with E-state index in [-0.39, 0.29) is 11.3 Å². The fourth-order valence-corrected chi connectivity index (χ4v) is 4.97. The van der Waals surface area contributed by atoms with E-state index in [1.54, 1.807) is 33.1 Å². The number of amides is 1. The monoisotopic (exact) mass is 551 g/mol. The van der Waals surface area contributed by atoms with Crippen LogP contribution in [0, 0.1) is 24.0 Å². The number of nitro groups is 1. The second kappa shape index (κ2) is 11.7. The van der Waals surface area contributed by atoms with Gasteiger partial charge in [-0.25, -0.2) is 0 Å². The highest BCUT2D eigenvalue weighted by Gasteiger charge is 2.24. The van der Waals surface area contributed by atoms with Gasteiger partial charge >= 0.3 is 0 Å². The largest absolute Gasteiger partial charge is 0.497 e. The average Bonchev–Trinajstić information content (AvgIpc) is 3.33. The van der Waals surface area contributed by atoms with Crippen LogP contribution in [0.4, 0.5) is 5.69 Å². The summed E-state index contributed by atoms with van der Waals surface area (Å²) in [6, 6.07) is 17.2. The Balaban J connectivity index is 1.66. The smallest absolute Gasteiger partial charge is 0.273 e. The summed E-state index contributed by atoms with van der Waals surface area (Å²) in [5.41, 5.74) is 3.35. The number of aryl methyl sites for hydroxylation is 2. The first-order valence-electron chi connectivity index (χ1n) is 11.7. The second-order valence-corrected chi connectivity index (χ2v) is 10.1. The van der Waals surface area contributed by atoms with Crippen LogP contribution in [0.2, 0.25) is 5.02 Å². The van der Waals surface area contributed by atoms with Crippen LogP contribution in [0.5, 0.6) is 5.75 Å². The zero-order chi connectivity index (χ0) is 27.4. The molecule has 4 rings (SSSR count). The third kappa shape index (κ3) is 5.98. The van der Waals surface area contributed by atoms with E-state index in [4.69, 9.17) is 16.3 Å². The van der Waals surface area contributed by atoms with Gasteiger partial charge in [0.2, 0.25) is 0 Å². The molecule has 4 aromatic rings. The van der Waals surface area contributed by atoms with Gasteiger partial charge in [-0.15, -0.1) is 10.2 Å². The van der Waals surface area contributed by atoms with Crippen LogP contribution in [0.3, 0.4) is 0 Å². The lowest BCUT2D eigenvalue weighted by Gasteiger charge is -2.18. The number of carbonyl (C=O) groups excluding carboxylic acids is 1. The topological polar surface area (TPSA) is 112 Å². The van der Waals surface area contributed by atoms with Gasteiger partial charge in [0.05, 0.1) is 23.8 Å². The zero-order valence-corrected chi connectivity index (χ0v) is 22.8. The van der Waals surface area contributed by atoms with Crippen molar-refractivity contribution in [1.29, 1.82) is 0 Å². The first-order valence-corrected chi connectivity index (χ1v) is 13.1. The molecule has 0 radical (unpaired) electrons. The number of hydrogen-bond donors (Lipinski definition) is 1. The number of halogens is 1. The molecule has 9 nitrogen and oxygen atoms in total. The number of hydrogen-bond acceptors (Lipinski definition) is 7. The van der Waals surface area contributed by atoms with Crippen molar-refractivity contribution < 1.29 is 14.5 Å². The summed E-state index contributed by atoms with van der Waals surface area (Å²) in [7, 11) is 1.63. The van der Waals surface area contributed by atoms with Crippen molar-refractivity contribution in [3.05, 3.63) is 104 Å². The molecule has 0 bridgehead atoms. The van der Waals surface area contributed by atoms with Crippen molar-refractivity contribution in [1.82, 2.24) is 20.1 Å². The number of thioether (sulfide) groups is 1. The molecule has 0 saturated heterocycles. The van der Waals surface area contributed by atoms with Crippen LogP contribution in [-0.4, -0.2) is 32.7 Å². The number of aromatic nitrogens is 3. The Bertz CT molecular complexity index is 1510. The maximum Gasteiger partial charge on any atom is 0.273 e. The van der Waals surface area contributed by atoms with Gasteiger partial charge in [-0.05, 0) is 62.2 Å². The summed E-state index contributed by atoms with van der Waals surface area (Å²) in [6.45, 7) is 5.38. The molecular weight excluding hydrogens is 526 g/mol. The van der Waals surface area contributed by atoms with Gasteiger partial charge < -0.3 is 10.1 Å². The lowest BCUT2D eigenvalue weighted by atomic mass is 10.1. The lowest BCUT2D eigenvalue weighted by molar-refractivity contribution is -0.385. The molecule has 0 saturated carbocycles. The predicted octanol–water partition coefficient (Wildman–Crippen LogP) is 6.24. The molecule has 0 spiro atoms. The van der Waals surface area contributed by atoms with Crippen LogP contribution < -0.4 is 10.1 Å². The maximum absolute atomic E-state index is 13.0. The van der Waals surface area contributed by atoms with E-state index in [0.717, 1.165) is 22.6 Å². The number of nitrogens with one attached hydrogen (secondary N) is 1. The molecule has 3 aromatic carbocycles. The van der Waals surface area contributed by atoms with E-state index in [0.29, 0.717) is 27.3 Å². The van der Waals surface area contributed by atoms with Gasteiger partial charge in [-0.3, -0.25) is 19.5 Å². The minimum atomic E-state index is -0.570. The van der Waals surface area contributed by atoms with E-state index in [2.05, 4.69) is 15.5 Å². The molecular formula is C27H26ClN5O4S. The number of methoxy groups -OCH3 is 1. The van der Waals surface area contributed by atoms with E-state index >= 15 is 0 Å². The van der Waals surface area contributed by atoms with Crippen molar-refractivity contribution in [2.24, 2.45) is 0 Å². The Kier molecular flexibility index (Phi) is 8.33. The number of benzene rings is 3. The molecule has 1 amide bonds. The van der Waals surface area contributed by atoms with Crippen LogP contribution >= 0.6 is 23.4 Å². The number of nitrogens with zero attached hydrogens (tertiary/aromatic N) is 4. The summed E-state index contributed by atoms with van der Waals surface area (Å²) in [6.07, 6.45) is 0. The Morgan fingerprint density at radius 3 is 2.63 bits per heavy atom. The van der Waals surface area contributed by atoms with Crippen molar-refractivity contribution in [2.45, 2.75) is 37.7 Å². The van der Waals surface area contributed by atoms with E-state index < -0.39 is 16.9 Å². The van der Waals surface area contributed by atoms with E-state index in [9.17, 15) is 14.9 Å². The van der Waals surface area contributed by atoms with Crippen molar-refractivity contribution in [3.63, 3.8) is 0 Å². The molecule has 38 heavy (non-hydrogen) atoms. The molecule has 0 aliphatic carbocycles.